The Morgan fingerprint density at radius 3 is 2.67 bits per heavy atom. The number of imidazole rings is 1. The molecule has 0 saturated carbocycles. The summed E-state index contributed by atoms with van der Waals surface area (Å²) in [6.45, 7) is 4.62. The largest absolute Gasteiger partial charge is 0.338 e. The third-order valence-corrected chi connectivity index (χ3v) is 5.32. The third-order valence-electron chi connectivity index (χ3n) is 5.32. The first-order valence-electron chi connectivity index (χ1n) is 8.73. The van der Waals surface area contributed by atoms with E-state index in [2.05, 4.69) is 39.9 Å². The van der Waals surface area contributed by atoms with Gasteiger partial charge in [0.15, 0.2) is 0 Å². The lowest BCUT2D eigenvalue weighted by atomic mass is 9.81. The van der Waals surface area contributed by atoms with E-state index in [0.29, 0.717) is 0 Å². The molecule has 2 aliphatic heterocycles. The predicted molar refractivity (Wildman–Crippen MR) is 86.4 cm³/mol. The van der Waals surface area contributed by atoms with E-state index in [9.17, 15) is 0 Å². The zero-order valence-electron chi connectivity index (χ0n) is 13.6. The van der Waals surface area contributed by atoms with Crippen molar-refractivity contribution in [3.05, 3.63) is 18.2 Å². The van der Waals surface area contributed by atoms with Crippen LogP contribution < -0.4 is 5.32 Å². The van der Waals surface area contributed by atoms with E-state index in [4.69, 9.17) is 0 Å². The summed E-state index contributed by atoms with van der Waals surface area (Å²) in [5, 5.41) is 3.76. The van der Waals surface area contributed by atoms with Gasteiger partial charge in [0.2, 0.25) is 0 Å². The number of rotatable bonds is 6. The van der Waals surface area contributed by atoms with Crippen LogP contribution in [0.1, 0.15) is 51.3 Å². The Labute approximate surface area is 128 Å². The number of hydrogen-bond acceptors (Lipinski definition) is 3. The molecule has 2 fully saturated rings. The number of fused-ring (bicyclic) bond motifs is 2. The van der Waals surface area contributed by atoms with Crippen molar-refractivity contribution < 1.29 is 0 Å². The van der Waals surface area contributed by atoms with Crippen LogP contribution in [0.15, 0.2) is 12.4 Å². The fourth-order valence-corrected chi connectivity index (χ4v) is 4.23. The van der Waals surface area contributed by atoms with Gasteiger partial charge in [0.1, 0.15) is 5.82 Å². The van der Waals surface area contributed by atoms with Gasteiger partial charge in [0.25, 0.3) is 0 Å². The predicted octanol–water partition coefficient (Wildman–Crippen LogP) is 2.35. The van der Waals surface area contributed by atoms with Crippen molar-refractivity contribution in [3.63, 3.8) is 0 Å². The van der Waals surface area contributed by atoms with E-state index in [1.165, 1.54) is 57.4 Å². The van der Waals surface area contributed by atoms with Gasteiger partial charge in [0, 0.05) is 50.5 Å². The van der Waals surface area contributed by atoms with E-state index in [-0.39, 0.29) is 0 Å². The number of nitrogens with zero attached hydrogens (tertiary/aromatic N) is 3. The van der Waals surface area contributed by atoms with Gasteiger partial charge in [-0.2, -0.15) is 0 Å². The first-order chi connectivity index (χ1) is 10.3. The van der Waals surface area contributed by atoms with Crippen LogP contribution in [-0.4, -0.2) is 45.7 Å². The highest BCUT2D eigenvalue weighted by Crippen LogP contribution is 2.34. The molecule has 2 bridgehead atoms. The van der Waals surface area contributed by atoms with Crippen LogP contribution in [-0.2, 0) is 13.5 Å². The fraction of sp³-hybridized carbons (Fsp3) is 0.824. The van der Waals surface area contributed by atoms with Gasteiger partial charge in [0.05, 0.1) is 0 Å². The SMILES string of the molecule is CCCNC1CC2CCCC(C1)N2CCc1nccn1C. The van der Waals surface area contributed by atoms with Gasteiger partial charge in [-0.1, -0.05) is 13.3 Å². The number of piperidine rings is 2. The maximum Gasteiger partial charge on any atom is 0.109 e. The number of aryl methyl sites for hydroxylation is 1. The van der Waals surface area contributed by atoms with E-state index in [0.717, 1.165) is 24.5 Å². The van der Waals surface area contributed by atoms with Crippen LogP contribution in [0, 0.1) is 0 Å². The molecule has 0 aromatic carbocycles. The molecule has 3 heterocycles. The monoisotopic (exact) mass is 290 g/mol. The van der Waals surface area contributed by atoms with E-state index in [1.807, 2.05) is 6.20 Å². The summed E-state index contributed by atoms with van der Waals surface area (Å²) in [5.74, 6) is 1.22. The van der Waals surface area contributed by atoms with Crippen molar-refractivity contribution in [1.82, 2.24) is 19.8 Å². The van der Waals surface area contributed by atoms with E-state index < -0.39 is 0 Å². The van der Waals surface area contributed by atoms with Crippen LogP contribution in [0.2, 0.25) is 0 Å². The number of hydrogen-bond donors (Lipinski definition) is 1. The summed E-state index contributed by atoms with van der Waals surface area (Å²) in [6.07, 6.45) is 13.2. The molecule has 3 rings (SSSR count). The first kappa shape index (κ1) is 15.0. The lowest BCUT2D eigenvalue weighted by Crippen LogP contribution is -2.56. The molecule has 2 saturated heterocycles. The molecular weight excluding hydrogens is 260 g/mol. The number of nitrogens with one attached hydrogen (secondary N) is 1. The summed E-state index contributed by atoms with van der Waals surface area (Å²) in [5.41, 5.74) is 0. The van der Waals surface area contributed by atoms with Gasteiger partial charge < -0.3 is 9.88 Å². The van der Waals surface area contributed by atoms with Gasteiger partial charge >= 0.3 is 0 Å². The lowest BCUT2D eigenvalue weighted by molar-refractivity contribution is 0.0252. The van der Waals surface area contributed by atoms with E-state index >= 15 is 0 Å². The Balaban J connectivity index is 1.57. The first-order valence-corrected chi connectivity index (χ1v) is 8.73. The van der Waals surface area contributed by atoms with Crippen molar-refractivity contribution in [2.24, 2.45) is 7.05 Å². The highest BCUT2D eigenvalue weighted by molar-refractivity contribution is 4.98. The van der Waals surface area contributed by atoms with Crippen molar-refractivity contribution in [3.8, 4) is 0 Å². The summed E-state index contributed by atoms with van der Waals surface area (Å²) in [4.78, 5) is 7.27. The molecule has 0 radical (unpaired) electrons. The van der Waals surface area contributed by atoms with Crippen molar-refractivity contribution in [2.75, 3.05) is 13.1 Å². The topological polar surface area (TPSA) is 33.1 Å². The zero-order valence-corrected chi connectivity index (χ0v) is 13.6. The van der Waals surface area contributed by atoms with Crippen molar-refractivity contribution in [1.29, 1.82) is 0 Å². The third kappa shape index (κ3) is 3.49. The Hall–Kier alpha value is -0.870. The molecule has 0 amide bonds. The normalized spacial score (nSPS) is 29.7. The van der Waals surface area contributed by atoms with Gasteiger partial charge in [-0.05, 0) is 38.6 Å². The van der Waals surface area contributed by atoms with Crippen molar-refractivity contribution in [2.45, 2.75) is 70.0 Å². The molecule has 2 atom stereocenters. The minimum atomic E-state index is 0.754. The second-order valence-electron chi connectivity index (χ2n) is 6.80. The second kappa shape index (κ2) is 6.93. The van der Waals surface area contributed by atoms with Crippen LogP contribution in [0.3, 0.4) is 0 Å². The van der Waals surface area contributed by atoms with Gasteiger partial charge in [-0.25, -0.2) is 4.98 Å². The maximum absolute atomic E-state index is 4.47. The second-order valence-corrected chi connectivity index (χ2v) is 6.80. The average molecular weight is 290 g/mol. The Bertz CT molecular complexity index is 428. The molecule has 21 heavy (non-hydrogen) atoms. The summed E-state index contributed by atoms with van der Waals surface area (Å²) >= 11 is 0. The molecular formula is C17H30N4. The molecule has 118 valence electrons. The minimum absolute atomic E-state index is 0.754. The molecule has 1 aromatic rings. The van der Waals surface area contributed by atoms with Crippen LogP contribution in [0.4, 0.5) is 0 Å². The zero-order chi connectivity index (χ0) is 14.7. The summed E-state index contributed by atoms with van der Waals surface area (Å²) < 4.78 is 2.16. The smallest absolute Gasteiger partial charge is 0.109 e. The van der Waals surface area contributed by atoms with Crippen LogP contribution >= 0.6 is 0 Å². The highest BCUT2D eigenvalue weighted by atomic mass is 15.2. The molecule has 0 spiro atoms. The molecule has 0 aliphatic carbocycles. The Morgan fingerprint density at radius 2 is 2.05 bits per heavy atom. The molecule has 1 N–H and O–H groups in total. The number of aromatic nitrogens is 2. The highest BCUT2D eigenvalue weighted by Gasteiger charge is 2.37. The Kier molecular flexibility index (Phi) is 4.96. The fourth-order valence-electron chi connectivity index (χ4n) is 4.23. The molecule has 4 heteroatoms. The quantitative estimate of drug-likeness (QED) is 0.873. The molecule has 4 nitrogen and oxygen atoms in total. The molecule has 2 unspecified atom stereocenters. The van der Waals surface area contributed by atoms with Crippen LogP contribution in [0.25, 0.3) is 0 Å². The van der Waals surface area contributed by atoms with Crippen LogP contribution in [0.5, 0.6) is 0 Å². The minimum Gasteiger partial charge on any atom is -0.338 e. The Morgan fingerprint density at radius 1 is 1.29 bits per heavy atom. The summed E-state index contributed by atoms with van der Waals surface area (Å²) in [7, 11) is 2.10. The van der Waals surface area contributed by atoms with Crippen molar-refractivity contribution >= 4 is 0 Å². The molecule has 2 aliphatic rings. The van der Waals surface area contributed by atoms with Gasteiger partial charge in [-0.15, -0.1) is 0 Å². The van der Waals surface area contributed by atoms with Gasteiger partial charge in [-0.3, -0.25) is 4.90 Å². The maximum atomic E-state index is 4.47. The average Bonchev–Trinajstić information content (AvgIpc) is 2.88. The lowest BCUT2D eigenvalue weighted by Gasteiger charge is -2.49. The van der Waals surface area contributed by atoms with E-state index in [1.54, 1.807) is 0 Å². The molecule has 1 aromatic heterocycles. The summed E-state index contributed by atoms with van der Waals surface area (Å²) in [6, 6.07) is 2.35. The standard InChI is InChI=1S/C17H30N4/c1-3-8-18-14-12-15-5-4-6-16(13-14)21(15)10-7-17-19-9-11-20(17)2/h9,11,14-16,18H,3-8,10,12-13H2,1-2H3.